The lowest BCUT2D eigenvalue weighted by Gasteiger charge is -1.97. The number of phenolic OH excluding ortho intramolecular Hbond substituents is 1. The smallest absolute Gasteiger partial charge is 0.200 e. The minimum absolute atomic E-state index is 0.0354. The second-order valence-electron chi connectivity index (χ2n) is 5.18. The third-order valence-corrected chi connectivity index (χ3v) is 4.73. The maximum atomic E-state index is 12.4. The number of benzene rings is 2. The van der Waals surface area contributed by atoms with Crippen molar-refractivity contribution in [1.82, 2.24) is 0 Å². The topological polar surface area (TPSA) is 50.4 Å². The standard InChI is InChI=1S/C19H12O3S.C2H6/c20-13-7-5-12(6-8-13)16-10-9-14(22-16)11-18-19(21)15-3-1-2-4-17(15)23-18;1-2/h1-11,20H;1-2H3/b18-11-;. The molecule has 0 fully saturated rings. The SMILES string of the molecule is CC.O=C1/C(=C/c2ccc(-c3ccc(O)cc3)o2)Sc2ccccc21. The largest absolute Gasteiger partial charge is 0.508 e. The first-order chi connectivity index (χ1) is 12.2. The van der Waals surface area contributed by atoms with Gasteiger partial charge in [0, 0.05) is 16.0 Å². The summed E-state index contributed by atoms with van der Waals surface area (Å²) in [5, 5.41) is 9.33. The Kier molecular flexibility index (Phi) is 5.10. The fourth-order valence-electron chi connectivity index (χ4n) is 2.48. The Bertz CT molecular complexity index is 920. The average molecular weight is 350 g/mol. The molecule has 0 saturated heterocycles. The molecule has 0 unspecified atom stereocenters. The molecule has 4 rings (SSSR count). The molecule has 4 heteroatoms. The summed E-state index contributed by atoms with van der Waals surface area (Å²) in [5.74, 6) is 1.59. The number of carbonyl (C=O) groups is 1. The zero-order valence-corrected chi connectivity index (χ0v) is 14.8. The fraction of sp³-hybridized carbons (Fsp3) is 0.0952. The van der Waals surface area contributed by atoms with Crippen LogP contribution in [0.1, 0.15) is 30.0 Å². The van der Waals surface area contributed by atoms with E-state index in [0.717, 1.165) is 16.0 Å². The van der Waals surface area contributed by atoms with E-state index in [-0.39, 0.29) is 11.5 Å². The molecule has 0 spiro atoms. The molecular formula is C21H18O3S. The quantitative estimate of drug-likeness (QED) is 0.575. The van der Waals surface area contributed by atoms with E-state index in [0.29, 0.717) is 16.4 Å². The summed E-state index contributed by atoms with van der Waals surface area (Å²) < 4.78 is 5.80. The summed E-state index contributed by atoms with van der Waals surface area (Å²) in [4.78, 5) is 14.0. The van der Waals surface area contributed by atoms with Crippen molar-refractivity contribution >= 4 is 23.6 Å². The Morgan fingerprint density at radius 2 is 1.68 bits per heavy atom. The van der Waals surface area contributed by atoms with E-state index < -0.39 is 0 Å². The highest BCUT2D eigenvalue weighted by atomic mass is 32.2. The Labute approximate surface area is 151 Å². The number of carbonyl (C=O) groups excluding carboxylic acids is 1. The third-order valence-electron chi connectivity index (χ3n) is 3.63. The molecule has 1 aromatic heterocycles. The molecule has 0 bridgehead atoms. The van der Waals surface area contributed by atoms with Crippen molar-refractivity contribution in [3.8, 4) is 17.1 Å². The third kappa shape index (κ3) is 3.54. The molecule has 0 aliphatic carbocycles. The maximum absolute atomic E-state index is 12.4. The van der Waals surface area contributed by atoms with Crippen LogP contribution in [-0.4, -0.2) is 10.9 Å². The Morgan fingerprint density at radius 1 is 0.960 bits per heavy atom. The second-order valence-corrected chi connectivity index (χ2v) is 6.27. The fourth-order valence-corrected chi connectivity index (χ4v) is 3.51. The van der Waals surface area contributed by atoms with Gasteiger partial charge in [0.2, 0.25) is 5.78 Å². The minimum Gasteiger partial charge on any atom is -0.508 e. The van der Waals surface area contributed by atoms with Gasteiger partial charge in [-0.05, 0) is 54.6 Å². The van der Waals surface area contributed by atoms with E-state index in [2.05, 4.69) is 0 Å². The van der Waals surface area contributed by atoms with Crippen LogP contribution in [0.4, 0.5) is 0 Å². The maximum Gasteiger partial charge on any atom is 0.200 e. The Balaban J connectivity index is 0.000000880. The van der Waals surface area contributed by atoms with E-state index in [4.69, 9.17) is 4.42 Å². The van der Waals surface area contributed by atoms with E-state index in [1.54, 1.807) is 30.3 Å². The molecule has 0 amide bonds. The number of thioether (sulfide) groups is 1. The van der Waals surface area contributed by atoms with Crippen molar-refractivity contribution < 1.29 is 14.3 Å². The van der Waals surface area contributed by atoms with Crippen LogP contribution in [0, 0.1) is 0 Å². The highest BCUT2D eigenvalue weighted by Gasteiger charge is 2.25. The van der Waals surface area contributed by atoms with E-state index in [1.165, 1.54) is 11.8 Å². The number of phenols is 1. The molecule has 126 valence electrons. The van der Waals surface area contributed by atoms with Gasteiger partial charge in [-0.1, -0.05) is 37.7 Å². The Morgan fingerprint density at radius 3 is 2.40 bits per heavy atom. The normalized spacial score (nSPS) is 14.2. The summed E-state index contributed by atoms with van der Waals surface area (Å²) in [6.07, 6.45) is 1.77. The monoisotopic (exact) mass is 350 g/mol. The molecule has 25 heavy (non-hydrogen) atoms. The highest BCUT2D eigenvalue weighted by molar-refractivity contribution is 8.04. The zero-order valence-electron chi connectivity index (χ0n) is 14.0. The number of hydrogen-bond donors (Lipinski definition) is 1. The van der Waals surface area contributed by atoms with Crippen molar-refractivity contribution in [1.29, 1.82) is 0 Å². The summed E-state index contributed by atoms with van der Waals surface area (Å²) in [6, 6.07) is 18.1. The van der Waals surface area contributed by atoms with Gasteiger partial charge < -0.3 is 9.52 Å². The number of furan rings is 1. The molecule has 2 heterocycles. The number of Topliss-reactive ketones (excluding diaryl/α,β-unsaturated/α-hetero) is 1. The van der Waals surface area contributed by atoms with Crippen LogP contribution in [0.3, 0.4) is 0 Å². The van der Waals surface area contributed by atoms with Crippen LogP contribution in [0.5, 0.6) is 5.75 Å². The lowest BCUT2D eigenvalue weighted by atomic mass is 10.1. The number of ketones is 1. The molecule has 2 aromatic carbocycles. The molecular weight excluding hydrogens is 332 g/mol. The van der Waals surface area contributed by atoms with Crippen LogP contribution >= 0.6 is 11.8 Å². The van der Waals surface area contributed by atoms with Crippen molar-refractivity contribution in [2.45, 2.75) is 18.7 Å². The second kappa shape index (κ2) is 7.45. The lowest BCUT2D eigenvalue weighted by Crippen LogP contribution is -1.93. The molecule has 0 radical (unpaired) electrons. The number of hydrogen-bond acceptors (Lipinski definition) is 4. The highest BCUT2D eigenvalue weighted by Crippen LogP contribution is 2.40. The first-order valence-corrected chi connectivity index (χ1v) is 8.95. The van der Waals surface area contributed by atoms with E-state index >= 15 is 0 Å². The Hall–Kier alpha value is -2.72. The average Bonchev–Trinajstić information content (AvgIpc) is 3.23. The first-order valence-electron chi connectivity index (χ1n) is 8.13. The summed E-state index contributed by atoms with van der Waals surface area (Å²) >= 11 is 1.46. The number of aromatic hydroxyl groups is 1. The van der Waals surface area contributed by atoms with Crippen molar-refractivity contribution in [2.75, 3.05) is 0 Å². The number of rotatable bonds is 2. The van der Waals surface area contributed by atoms with E-state index in [9.17, 15) is 9.90 Å². The van der Waals surface area contributed by atoms with E-state index in [1.807, 2.05) is 50.2 Å². The van der Waals surface area contributed by atoms with Crippen molar-refractivity contribution in [3.63, 3.8) is 0 Å². The van der Waals surface area contributed by atoms with Gasteiger partial charge in [0.1, 0.15) is 17.3 Å². The van der Waals surface area contributed by atoms with Gasteiger partial charge in [0.05, 0.1) is 4.91 Å². The van der Waals surface area contributed by atoms with Gasteiger partial charge in [-0.25, -0.2) is 0 Å². The van der Waals surface area contributed by atoms with Gasteiger partial charge in [0.25, 0.3) is 0 Å². The molecule has 3 nitrogen and oxygen atoms in total. The van der Waals surface area contributed by atoms with Crippen LogP contribution < -0.4 is 0 Å². The molecule has 1 aliphatic heterocycles. The van der Waals surface area contributed by atoms with Gasteiger partial charge in [0.15, 0.2) is 0 Å². The summed E-state index contributed by atoms with van der Waals surface area (Å²) in [6.45, 7) is 4.00. The number of fused-ring (bicyclic) bond motifs is 1. The summed E-state index contributed by atoms with van der Waals surface area (Å²) in [7, 11) is 0. The first kappa shape index (κ1) is 17.1. The minimum atomic E-state index is 0.0354. The summed E-state index contributed by atoms with van der Waals surface area (Å²) in [5.41, 5.74) is 1.62. The van der Waals surface area contributed by atoms with Gasteiger partial charge in [-0.15, -0.1) is 0 Å². The molecule has 0 saturated carbocycles. The number of allylic oxidation sites excluding steroid dienone is 1. The molecule has 1 aliphatic rings. The van der Waals surface area contributed by atoms with Crippen LogP contribution in [0.25, 0.3) is 17.4 Å². The molecule has 3 aromatic rings. The lowest BCUT2D eigenvalue weighted by molar-refractivity contribution is 0.104. The molecule has 0 atom stereocenters. The predicted molar refractivity (Wildman–Crippen MR) is 102 cm³/mol. The van der Waals surface area contributed by atoms with Crippen LogP contribution in [0.15, 0.2) is 74.9 Å². The van der Waals surface area contributed by atoms with Gasteiger partial charge >= 0.3 is 0 Å². The molecule has 1 N–H and O–H groups in total. The van der Waals surface area contributed by atoms with Crippen molar-refractivity contribution in [3.05, 3.63) is 76.9 Å². The van der Waals surface area contributed by atoms with Gasteiger partial charge in [-0.2, -0.15) is 0 Å². The van der Waals surface area contributed by atoms with Crippen molar-refractivity contribution in [2.24, 2.45) is 0 Å². The van der Waals surface area contributed by atoms with Crippen LogP contribution in [0.2, 0.25) is 0 Å². The predicted octanol–water partition coefficient (Wildman–Crippen LogP) is 6.01. The van der Waals surface area contributed by atoms with Crippen LogP contribution in [-0.2, 0) is 0 Å². The van der Waals surface area contributed by atoms with Gasteiger partial charge in [-0.3, -0.25) is 4.79 Å². The zero-order chi connectivity index (χ0) is 17.8.